The van der Waals surface area contributed by atoms with Crippen LogP contribution >= 0.6 is 0 Å². The summed E-state index contributed by atoms with van der Waals surface area (Å²) >= 11 is 0. The van der Waals surface area contributed by atoms with E-state index in [1.54, 1.807) is 19.2 Å². The lowest BCUT2D eigenvalue weighted by molar-refractivity contribution is 0.0880. The van der Waals surface area contributed by atoms with Crippen molar-refractivity contribution in [2.24, 2.45) is 0 Å². The Balaban J connectivity index is 1.88. The van der Waals surface area contributed by atoms with Gasteiger partial charge in [0.25, 0.3) is 11.8 Å². The highest BCUT2D eigenvalue weighted by Crippen LogP contribution is 2.42. The number of amides is 2. The van der Waals surface area contributed by atoms with Crippen LogP contribution in [0.15, 0.2) is 42.5 Å². The van der Waals surface area contributed by atoms with E-state index >= 15 is 0 Å². The Morgan fingerprint density at radius 1 is 0.923 bits per heavy atom. The number of carbonyl (C=O) groups is 2. The molecule has 0 radical (unpaired) electrons. The van der Waals surface area contributed by atoms with Crippen LogP contribution in [0.2, 0.25) is 0 Å². The number of hydrogen-bond donors (Lipinski definition) is 1. The number of benzene rings is 3. The molecule has 3 aromatic carbocycles. The Hall–Kier alpha value is -3.54. The van der Waals surface area contributed by atoms with Crippen molar-refractivity contribution >= 4 is 22.6 Å². The fraction of sp³-hybridized carbons (Fsp3) is 0.100. The standard InChI is InChI=1S/C20H13NO5/c1-24-12-4-2-10-6-14-18(20(23)21-19(14)22)17(13(10)8-12)11-3-5-15-16(7-11)26-9-25-15/h2-8H,9H2,1H3,(H,21,22,23). The Kier molecular flexibility index (Phi) is 2.97. The maximum atomic E-state index is 12.5. The number of imide groups is 1. The van der Waals surface area contributed by atoms with Gasteiger partial charge in [0.05, 0.1) is 18.2 Å². The van der Waals surface area contributed by atoms with Crippen molar-refractivity contribution in [2.75, 3.05) is 13.9 Å². The minimum atomic E-state index is -0.401. The van der Waals surface area contributed by atoms with Gasteiger partial charge in [-0.1, -0.05) is 12.1 Å². The quantitative estimate of drug-likeness (QED) is 0.721. The number of nitrogens with one attached hydrogen (secondary N) is 1. The molecule has 2 amide bonds. The predicted octanol–water partition coefficient (Wildman–Crippen LogP) is 3.13. The van der Waals surface area contributed by atoms with Gasteiger partial charge in [-0.2, -0.15) is 0 Å². The molecule has 2 heterocycles. The van der Waals surface area contributed by atoms with Gasteiger partial charge in [-0.15, -0.1) is 0 Å². The van der Waals surface area contributed by atoms with Crippen LogP contribution in [0.5, 0.6) is 17.2 Å². The summed E-state index contributed by atoms with van der Waals surface area (Å²) in [5.41, 5.74) is 2.20. The number of methoxy groups -OCH3 is 1. The van der Waals surface area contributed by atoms with Gasteiger partial charge < -0.3 is 14.2 Å². The molecule has 0 bridgehead atoms. The topological polar surface area (TPSA) is 73.9 Å². The molecule has 0 saturated carbocycles. The summed E-state index contributed by atoms with van der Waals surface area (Å²) in [6.07, 6.45) is 0. The molecule has 0 fully saturated rings. The Morgan fingerprint density at radius 3 is 2.62 bits per heavy atom. The molecule has 26 heavy (non-hydrogen) atoms. The van der Waals surface area contributed by atoms with Crippen LogP contribution < -0.4 is 19.5 Å². The van der Waals surface area contributed by atoms with Crippen molar-refractivity contribution in [2.45, 2.75) is 0 Å². The van der Waals surface area contributed by atoms with Gasteiger partial charge in [0, 0.05) is 5.56 Å². The maximum absolute atomic E-state index is 12.5. The minimum Gasteiger partial charge on any atom is -0.497 e. The summed E-state index contributed by atoms with van der Waals surface area (Å²) in [7, 11) is 1.59. The second kappa shape index (κ2) is 5.23. The van der Waals surface area contributed by atoms with Crippen molar-refractivity contribution in [3.8, 4) is 28.4 Å². The summed E-state index contributed by atoms with van der Waals surface area (Å²) in [5.74, 6) is 1.15. The van der Waals surface area contributed by atoms with Gasteiger partial charge in [-0.3, -0.25) is 14.9 Å². The average Bonchev–Trinajstić information content (AvgIpc) is 3.23. The van der Waals surface area contributed by atoms with Crippen LogP contribution in [0.1, 0.15) is 20.7 Å². The molecule has 3 aromatic rings. The molecule has 6 nitrogen and oxygen atoms in total. The fourth-order valence-corrected chi connectivity index (χ4v) is 3.50. The first-order valence-corrected chi connectivity index (χ1v) is 8.06. The van der Waals surface area contributed by atoms with Crippen molar-refractivity contribution in [1.29, 1.82) is 0 Å². The second-order valence-corrected chi connectivity index (χ2v) is 6.11. The van der Waals surface area contributed by atoms with E-state index in [9.17, 15) is 9.59 Å². The Bertz CT molecular complexity index is 1120. The predicted molar refractivity (Wildman–Crippen MR) is 93.9 cm³/mol. The van der Waals surface area contributed by atoms with Crippen LogP contribution in [-0.2, 0) is 0 Å². The van der Waals surface area contributed by atoms with Crippen LogP contribution in [0.25, 0.3) is 21.9 Å². The third-order valence-electron chi connectivity index (χ3n) is 4.71. The Morgan fingerprint density at radius 2 is 1.77 bits per heavy atom. The van der Waals surface area contributed by atoms with Gasteiger partial charge in [-0.25, -0.2) is 0 Å². The summed E-state index contributed by atoms with van der Waals surface area (Å²) in [4.78, 5) is 24.7. The van der Waals surface area contributed by atoms with E-state index in [1.165, 1.54) is 0 Å². The average molecular weight is 347 g/mol. The molecule has 5 rings (SSSR count). The van der Waals surface area contributed by atoms with E-state index in [0.29, 0.717) is 33.9 Å². The van der Waals surface area contributed by atoms with Crippen LogP contribution in [0.3, 0.4) is 0 Å². The third kappa shape index (κ3) is 1.99. The first-order chi connectivity index (χ1) is 12.7. The highest BCUT2D eigenvalue weighted by Gasteiger charge is 2.32. The lowest BCUT2D eigenvalue weighted by Gasteiger charge is -2.13. The molecule has 0 aromatic heterocycles. The van der Waals surface area contributed by atoms with Gasteiger partial charge in [-0.05, 0) is 46.7 Å². The molecule has 1 N–H and O–H groups in total. The van der Waals surface area contributed by atoms with Crippen molar-refractivity contribution in [3.05, 3.63) is 53.6 Å². The number of carbonyl (C=O) groups excluding carboxylic acids is 2. The van der Waals surface area contributed by atoms with Crippen LogP contribution in [-0.4, -0.2) is 25.7 Å². The zero-order valence-corrected chi connectivity index (χ0v) is 13.8. The zero-order valence-electron chi connectivity index (χ0n) is 13.8. The first kappa shape index (κ1) is 14.8. The van der Waals surface area contributed by atoms with Gasteiger partial charge in [0.1, 0.15) is 5.75 Å². The molecule has 0 atom stereocenters. The maximum Gasteiger partial charge on any atom is 0.259 e. The van der Waals surface area contributed by atoms with Gasteiger partial charge >= 0.3 is 0 Å². The second-order valence-electron chi connectivity index (χ2n) is 6.11. The molecular weight excluding hydrogens is 334 g/mol. The minimum absolute atomic E-state index is 0.166. The van der Waals surface area contributed by atoms with E-state index < -0.39 is 5.91 Å². The van der Waals surface area contributed by atoms with E-state index in [1.807, 2.05) is 30.3 Å². The largest absolute Gasteiger partial charge is 0.497 e. The summed E-state index contributed by atoms with van der Waals surface area (Å²) in [6, 6.07) is 12.8. The number of rotatable bonds is 2. The van der Waals surface area contributed by atoms with Crippen LogP contribution in [0.4, 0.5) is 0 Å². The smallest absolute Gasteiger partial charge is 0.259 e. The molecule has 2 aliphatic heterocycles. The number of fused-ring (bicyclic) bond motifs is 3. The summed E-state index contributed by atoms with van der Waals surface area (Å²) in [5, 5.41) is 4.06. The molecule has 6 heteroatoms. The van der Waals surface area contributed by atoms with Crippen molar-refractivity contribution in [3.63, 3.8) is 0 Å². The van der Waals surface area contributed by atoms with Gasteiger partial charge in [0.2, 0.25) is 6.79 Å². The number of hydrogen-bond acceptors (Lipinski definition) is 5. The molecule has 128 valence electrons. The summed E-state index contributed by atoms with van der Waals surface area (Å²) in [6.45, 7) is 0.166. The Labute approximate surface area is 148 Å². The molecule has 0 spiro atoms. The van der Waals surface area contributed by atoms with E-state index in [-0.39, 0.29) is 12.7 Å². The fourth-order valence-electron chi connectivity index (χ4n) is 3.50. The van der Waals surface area contributed by atoms with Crippen molar-refractivity contribution in [1.82, 2.24) is 5.32 Å². The zero-order chi connectivity index (χ0) is 17.8. The molecular formula is C20H13NO5. The van der Waals surface area contributed by atoms with Gasteiger partial charge in [0.15, 0.2) is 11.5 Å². The summed E-state index contributed by atoms with van der Waals surface area (Å²) < 4.78 is 16.2. The van der Waals surface area contributed by atoms with E-state index in [4.69, 9.17) is 14.2 Å². The van der Waals surface area contributed by atoms with E-state index in [0.717, 1.165) is 16.3 Å². The molecule has 0 saturated heterocycles. The van der Waals surface area contributed by atoms with E-state index in [2.05, 4.69) is 5.32 Å². The number of ether oxygens (including phenoxy) is 3. The highest BCUT2D eigenvalue weighted by molar-refractivity contribution is 6.27. The van der Waals surface area contributed by atoms with Crippen molar-refractivity contribution < 1.29 is 23.8 Å². The lowest BCUT2D eigenvalue weighted by atomic mass is 9.90. The lowest BCUT2D eigenvalue weighted by Crippen LogP contribution is -2.20. The molecule has 0 unspecified atom stereocenters. The SMILES string of the molecule is COc1ccc2cc3c(c(-c4ccc5c(c4)OCO5)c2c1)C(=O)NC3=O. The van der Waals surface area contributed by atoms with Crippen LogP contribution in [0, 0.1) is 0 Å². The third-order valence-corrected chi connectivity index (χ3v) is 4.71. The monoisotopic (exact) mass is 347 g/mol. The normalized spacial score (nSPS) is 14.5. The molecule has 2 aliphatic rings. The molecule has 0 aliphatic carbocycles. The first-order valence-electron chi connectivity index (χ1n) is 8.06. The highest BCUT2D eigenvalue weighted by atomic mass is 16.7.